The Balaban J connectivity index is 3.39. The highest BCUT2D eigenvalue weighted by atomic mass is 33.1. The molecule has 106 valence electrons. The maximum Gasteiger partial charge on any atom is 0.300 e. The van der Waals surface area contributed by atoms with E-state index < -0.39 is 0 Å². The minimum absolute atomic E-state index is 0.185. The van der Waals surface area contributed by atoms with Gasteiger partial charge in [0.1, 0.15) is 0 Å². The Morgan fingerprint density at radius 2 is 1.22 bits per heavy atom. The van der Waals surface area contributed by atoms with Crippen LogP contribution in [0.2, 0.25) is 0 Å². The predicted molar refractivity (Wildman–Crippen MR) is 87.0 cm³/mol. The third-order valence-electron chi connectivity index (χ3n) is 1.70. The maximum atomic E-state index is 11.3. The fourth-order valence-electron chi connectivity index (χ4n) is 0.763. The zero-order valence-electron chi connectivity index (χ0n) is 10.7. The molecule has 0 bridgehead atoms. The molecule has 0 aromatic rings. The molecular formula is C10H20N2O2S4. The van der Waals surface area contributed by atoms with Gasteiger partial charge in [-0.2, -0.15) is 0 Å². The van der Waals surface area contributed by atoms with E-state index in [1.54, 1.807) is 0 Å². The van der Waals surface area contributed by atoms with Gasteiger partial charge in [-0.05, 0) is 36.7 Å². The summed E-state index contributed by atoms with van der Waals surface area (Å²) in [4.78, 5) is 22.6. The van der Waals surface area contributed by atoms with Crippen LogP contribution in [0.4, 0.5) is 9.59 Å². The molecule has 0 aromatic carbocycles. The van der Waals surface area contributed by atoms with E-state index >= 15 is 0 Å². The van der Waals surface area contributed by atoms with E-state index in [-0.39, 0.29) is 10.5 Å². The van der Waals surface area contributed by atoms with Crippen molar-refractivity contribution in [3.63, 3.8) is 0 Å². The van der Waals surface area contributed by atoms with Gasteiger partial charge in [0.25, 0.3) is 10.5 Å². The zero-order valence-corrected chi connectivity index (χ0v) is 14.0. The van der Waals surface area contributed by atoms with Crippen molar-refractivity contribution in [2.75, 3.05) is 11.5 Å². The molecule has 0 aliphatic heterocycles. The lowest BCUT2D eigenvalue weighted by atomic mass is 10.4. The largest absolute Gasteiger partial charge is 0.300 e. The molecule has 2 N–H and O–H groups in total. The molecule has 8 heteroatoms. The van der Waals surface area contributed by atoms with Crippen LogP contribution in [0.3, 0.4) is 0 Å². The van der Waals surface area contributed by atoms with Gasteiger partial charge >= 0.3 is 0 Å². The van der Waals surface area contributed by atoms with Crippen molar-refractivity contribution in [1.29, 1.82) is 0 Å². The first-order valence-corrected chi connectivity index (χ1v) is 10.0. The average molecular weight is 329 g/mol. The van der Waals surface area contributed by atoms with Gasteiger partial charge in [-0.25, -0.2) is 0 Å². The number of carbonyl (C=O) groups excluding carboxylic acids is 2. The first-order valence-electron chi connectivity index (χ1n) is 5.88. The quantitative estimate of drug-likeness (QED) is 0.383. The normalized spacial score (nSPS) is 10.1. The van der Waals surface area contributed by atoms with Crippen LogP contribution in [0, 0.1) is 0 Å². The van der Waals surface area contributed by atoms with E-state index in [0.29, 0.717) is 0 Å². The smallest absolute Gasteiger partial charge is 0.290 e. The minimum Gasteiger partial charge on any atom is -0.290 e. The second-order valence-corrected chi connectivity index (χ2v) is 7.23. The summed E-state index contributed by atoms with van der Waals surface area (Å²) in [5.74, 6) is 1.82. The van der Waals surface area contributed by atoms with Crippen LogP contribution < -0.4 is 9.44 Å². The van der Waals surface area contributed by atoms with E-state index in [1.807, 2.05) is 0 Å². The summed E-state index contributed by atoms with van der Waals surface area (Å²) in [6.07, 6.45) is 4.39. The van der Waals surface area contributed by atoms with Crippen molar-refractivity contribution >= 4 is 56.0 Å². The van der Waals surface area contributed by atoms with Crippen LogP contribution in [-0.2, 0) is 0 Å². The van der Waals surface area contributed by atoms with Crippen molar-refractivity contribution in [2.45, 2.75) is 39.5 Å². The van der Waals surface area contributed by atoms with Crippen molar-refractivity contribution < 1.29 is 9.59 Å². The topological polar surface area (TPSA) is 58.2 Å². The molecule has 0 saturated heterocycles. The number of nitrogens with one attached hydrogen (secondary N) is 2. The molecule has 18 heavy (non-hydrogen) atoms. The summed E-state index contributed by atoms with van der Waals surface area (Å²) in [5.41, 5.74) is 0. The molecule has 0 spiro atoms. The Kier molecular flexibility index (Phi) is 14.0. The standard InChI is InChI=1S/C10H20N2O2S4/c1-3-5-7-15-11-9(13)17-18-10(14)12-16-8-6-4-2/h3-8H2,1-2H3,(H,11,13)(H,12,14). The Morgan fingerprint density at radius 1 is 0.833 bits per heavy atom. The summed E-state index contributed by atoms with van der Waals surface area (Å²) in [6, 6.07) is 0. The summed E-state index contributed by atoms with van der Waals surface area (Å²) < 4.78 is 5.36. The number of unbranched alkanes of at least 4 members (excludes halogenated alkanes) is 2. The first kappa shape index (κ1) is 18.3. The van der Waals surface area contributed by atoms with Gasteiger partial charge in [-0.15, -0.1) is 0 Å². The van der Waals surface area contributed by atoms with Crippen molar-refractivity contribution in [3.8, 4) is 0 Å². The van der Waals surface area contributed by atoms with Gasteiger partial charge in [0, 0.05) is 33.1 Å². The highest BCUT2D eigenvalue weighted by Crippen LogP contribution is 2.24. The molecule has 0 saturated carbocycles. The number of carbonyl (C=O) groups is 2. The van der Waals surface area contributed by atoms with E-state index in [4.69, 9.17) is 0 Å². The van der Waals surface area contributed by atoms with Crippen LogP contribution >= 0.6 is 45.5 Å². The number of amides is 2. The molecule has 0 aliphatic carbocycles. The summed E-state index contributed by atoms with van der Waals surface area (Å²) in [6.45, 7) is 4.21. The lowest BCUT2D eigenvalue weighted by molar-refractivity contribution is 0.264. The molecule has 2 amide bonds. The van der Waals surface area contributed by atoms with Crippen LogP contribution in [0.15, 0.2) is 0 Å². The minimum atomic E-state index is -0.185. The maximum absolute atomic E-state index is 11.3. The molecule has 0 aliphatic rings. The van der Waals surface area contributed by atoms with E-state index in [1.165, 1.54) is 23.9 Å². The highest BCUT2D eigenvalue weighted by molar-refractivity contribution is 8.87. The van der Waals surface area contributed by atoms with E-state index in [2.05, 4.69) is 23.3 Å². The van der Waals surface area contributed by atoms with Gasteiger partial charge in [-0.1, -0.05) is 26.7 Å². The summed E-state index contributed by atoms with van der Waals surface area (Å²) in [5, 5.41) is -0.371. The monoisotopic (exact) mass is 328 g/mol. The summed E-state index contributed by atoms with van der Waals surface area (Å²) in [7, 11) is 1.85. The van der Waals surface area contributed by atoms with Crippen LogP contribution in [0.25, 0.3) is 0 Å². The predicted octanol–water partition coefficient (Wildman–Crippen LogP) is 4.68. The van der Waals surface area contributed by atoms with Crippen LogP contribution in [0.1, 0.15) is 39.5 Å². The van der Waals surface area contributed by atoms with Gasteiger partial charge in [0.05, 0.1) is 0 Å². The van der Waals surface area contributed by atoms with E-state index in [9.17, 15) is 9.59 Å². The molecule has 0 rings (SSSR count). The Labute approximate surface area is 126 Å². The number of rotatable bonds is 8. The van der Waals surface area contributed by atoms with Gasteiger partial charge in [0.2, 0.25) is 0 Å². The van der Waals surface area contributed by atoms with Gasteiger partial charge < -0.3 is 0 Å². The molecule has 0 fully saturated rings. The van der Waals surface area contributed by atoms with Crippen LogP contribution in [0.5, 0.6) is 0 Å². The zero-order chi connectivity index (χ0) is 13.6. The highest BCUT2D eigenvalue weighted by Gasteiger charge is 2.08. The third-order valence-corrected chi connectivity index (χ3v) is 5.36. The van der Waals surface area contributed by atoms with Crippen molar-refractivity contribution in [3.05, 3.63) is 0 Å². The second kappa shape index (κ2) is 13.8. The van der Waals surface area contributed by atoms with Crippen LogP contribution in [-0.4, -0.2) is 22.0 Å². The average Bonchev–Trinajstić information content (AvgIpc) is 2.37. The molecule has 0 atom stereocenters. The lowest BCUT2D eigenvalue weighted by Crippen LogP contribution is -2.12. The second-order valence-electron chi connectivity index (χ2n) is 3.35. The van der Waals surface area contributed by atoms with Gasteiger partial charge in [-0.3, -0.25) is 19.0 Å². The fraction of sp³-hybridized carbons (Fsp3) is 0.800. The Hall–Kier alpha value is 0.340. The number of hydrogen-bond acceptors (Lipinski definition) is 6. The van der Waals surface area contributed by atoms with Gasteiger partial charge in [0.15, 0.2) is 0 Å². The molecule has 0 radical (unpaired) electrons. The molecular weight excluding hydrogens is 308 g/mol. The van der Waals surface area contributed by atoms with E-state index in [0.717, 1.165) is 58.8 Å². The summed E-state index contributed by atoms with van der Waals surface area (Å²) >= 11 is 2.78. The first-order chi connectivity index (χ1) is 8.70. The third kappa shape index (κ3) is 12.8. The van der Waals surface area contributed by atoms with Crippen molar-refractivity contribution in [1.82, 2.24) is 9.44 Å². The lowest BCUT2D eigenvalue weighted by Gasteiger charge is -2.03. The Morgan fingerprint density at radius 3 is 1.56 bits per heavy atom. The molecule has 0 heterocycles. The molecule has 4 nitrogen and oxygen atoms in total. The molecule has 0 aromatic heterocycles. The number of hydrogen-bond donors (Lipinski definition) is 2. The fourth-order valence-corrected chi connectivity index (χ4v) is 3.91. The van der Waals surface area contributed by atoms with Crippen molar-refractivity contribution in [2.24, 2.45) is 0 Å². The SMILES string of the molecule is CCCCSNC(=O)SSC(=O)NSCCCC. The molecule has 0 unspecified atom stereocenters. The Bertz CT molecular complexity index is 218.